The Morgan fingerprint density at radius 3 is 2.83 bits per heavy atom. The predicted octanol–water partition coefficient (Wildman–Crippen LogP) is 2.39. The molecule has 1 aliphatic heterocycles. The number of hydrogen-bond donors (Lipinski definition) is 2. The molecule has 24 heavy (non-hydrogen) atoms. The van der Waals surface area contributed by atoms with E-state index in [1.54, 1.807) is 7.05 Å². The molecule has 1 saturated heterocycles. The summed E-state index contributed by atoms with van der Waals surface area (Å²) in [4.78, 5) is 25.5. The number of rotatable bonds is 2. The number of likely N-dealkylation sites (tertiary alicyclic amines) is 1. The summed E-state index contributed by atoms with van der Waals surface area (Å²) in [6, 6.07) is 2.28. The van der Waals surface area contributed by atoms with Crippen molar-refractivity contribution >= 4 is 28.4 Å². The van der Waals surface area contributed by atoms with Gasteiger partial charge in [0.05, 0.1) is 17.3 Å². The Hall–Kier alpha value is -2.58. The molecule has 1 unspecified atom stereocenters. The lowest BCUT2D eigenvalue weighted by molar-refractivity contribution is -0.137. The monoisotopic (exact) mass is 340 g/mol. The third-order valence-electron chi connectivity index (χ3n) is 4.16. The third kappa shape index (κ3) is 3.06. The fraction of sp³-hybridized carbons (Fsp3) is 0.400. The molecule has 1 aromatic heterocycles. The molecule has 3 rings (SSSR count). The lowest BCUT2D eigenvalue weighted by Crippen LogP contribution is -2.39. The van der Waals surface area contributed by atoms with E-state index in [0.717, 1.165) is 12.3 Å². The Morgan fingerprint density at radius 2 is 2.17 bits per heavy atom. The molecule has 0 spiro atoms. The molecule has 0 radical (unpaired) electrons. The van der Waals surface area contributed by atoms with Crippen molar-refractivity contribution in [1.29, 1.82) is 0 Å². The molecule has 2 aromatic rings. The van der Waals surface area contributed by atoms with Crippen LogP contribution in [-0.2, 0) is 15.8 Å². The molecule has 1 aliphatic rings. The molecule has 0 bridgehead atoms. The summed E-state index contributed by atoms with van der Waals surface area (Å²) in [6.07, 6.45) is -2.93. The topological polar surface area (TPSA) is 78.1 Å². The number of piperidine rings is 1. The minimum atomic E-state index is -4.56. The van der Waals surface area contributed by atoms with E-state index >= 15 is 0 Å². The van der Waals surface area contributed by atoms with E-state index in [9.17, 15) is 22.8 Å². The molecule has 9 heteroatoms. The molecule has 6 nitrogen and oxygen atoms in total. The van der Waals surface area contributed by atoms with Crippen LogP contribution in [0.5, 0.6) is 0 Å². The maximum atomic E-state index is 13.2. The summed E-state index contributed by atoms with van der Waals surface area (Å²) in [5.41, 5.74) is -0.668. The fourth-order valence-corrected chi connectivity index (χ4v) is 2.77. The van der Waals surface area contributed by atoms with Gasteiger partial charge in [-0.05, 0) is 18.6 Å². The number of nitrogens with zero attached hydrogens (tertiary/aromatic N) is 2. The molecule has 2 N–H and O–H groups in total. The van der Waals surface area contributed by atoms with Gasteiger partial charge in [-0.1, -0.05) is 0 Å². The SMILES string of the molecule is CN1CCC(C(=O)Nc2cc(C(F)(F)F)c3cn[nH]c3c2)CC1=O. The largest absolute Gasteiger partial charge is 0.417 e. The van der Waals surface area contributed by atoms with Crippen LogP contribution in [0.3, 0.4) is 0 Å². The maximum absolute atomic E-state index is 13.2. The van der Waals surface area contributed by atoms with E-state index in [-0.39, 0.29) is 28.9 Å². The molecular weight excluding hydrogens is 325 g/mol. The average molecular weight is 340 g/mol. The van der Waals surface area contributed by atoms with Gasteiger partial charge in [0, 0.05) is 37.0 Å². The smallest absolute Gasteiger partial charge is 0.346 e. The first kappa shape index (κ1) is 16.3. The second kappa shape index (κ2) is 5.81. The lowest BCUT2D eigenvalue weighted by atomic mass is 9.95. The average Bonchev–Trinajstić information content (AvgIpc) is 2.96. The highest BCUT2D eigenvalue weighted by atomic mass is 19.4. The highest BCUT2D eigenvalue weighted by Crippen LogP contribution is 2.36. The van der Waals surface area contributed by atoms with Crippen LogP contribution in [0.2, 0.25) is 0 Å². The van der Waals surface area contributed by atoms with Gasteiger partial charge in [-0.3, -0.25) is 14.7 Å². The van der Waals surface area contributed by atoms with Crippen molar-refractivity contribution in [2.75, 3.05) is 18.9 Å². The number of hydrogen-bond acceptors (Lipinski definition) is 3. The van der Waals surface area contributed by atoms with Gasteiger partial charge in [-0.25, -0.2) is 0 Å². The predicted molar refractivity (Wildman–Crippen MR) is 80.1 cm³/mol. The van der Waals surface area contributed by atoms with Crippen molar-refractivity contribution < 1.29 is 22.8 Å². The Bertz CT molecular complexity index is 800. The second-order valence-electron chi connectivity index (χ2n) is 5.85. The van der Waals surface area contributed by atoms with Crippen LogP contribution >= 0.6 is 0 Å². The highest BCUT2D eigenvalue weighted by Gasteiger charge is 2.34. The van der Waals surface area contributed by atoms with E-state index in [2.05, 4.69) is 15.5 Å². The third-order valence-corrected chi connectivity index (χ3v) is 4.16. The quantitative estimate of drug-likeness (QED) is 0.881. The fourth-order valence-electron chi connectivity index (χ4n) is 2.77. The molecule has 2 amide bonds. The van der Waals surface area contributed by atoms with Crippen molar-refractivity contribution in [3.8, 4) is 0 Å². The second-order valence-corrected chi connectivity index (χ2v) is 5.85. The van der Waals surface area contributed by atoms with Crippen LogP contribution in [0.4, 0.5) is 18.9 Å². The minimum absolute atomic E-state index is 0.0236. The lowest BCUT2D eigenvalue weighted by Gasteiger charge is -2.28. The Balaban J connectivity index is 1.85. The number of aromatic nitrogens is 2. The number of aromatic amines is 1. The van der Waals surface area contributed by atoms with Crippen molar-refractivity contribution in [3.05, 3.63) is 23.9 Å². The molecule has 0 aliphatic carbocycles. The maximum Gasteiger partial charge on any atom is 0.417 e. The number of amides is 2. The standard InChI is InChI=1S/C15H15F3N4O2/c1-22-3-2-8(4-13(22)23)14(24)20-9-5-11(15(16,17)18)10-7-19-21-12(10)6-9/h5-8H,2-4H2,1H3,(H,19,21)(H,20,24). The number of alkyl halides is 3. The molecule has 1 fully saturated rings. The highest BCUT2D eigenvalue weighted by molar-refractivity contribution is 5.98. The summed E-state index contributed by atoms with van der Waals surface area (Å²) < 4.78 is 39.5. The first-order valence-corrected chi connectivity index (χ1v) is 7.35. The van der Waals surface area contributed by atoms with Crippen LogP contribution in [0.25, 0.3) is 10.9 Å². The van der Waals surface area contributed by atoms with E-state index in [1.165, 1.54) is 11.0 Å². The van der Waals surface area contributed by atoms with Gasteiger partial charge >= 0.3 is 6.18 Å². The van der Waals surface area contributed by atoms with Gasteiger partial charge in [0.1, 0.15) is 0 Å². The van der Waals surface area contributed by atoms with Crippen molar-refractivity contribution in [1.82, 2.24) is 15.1 Å². The van der Waals surface area contributed by atoms with E-state index in [4.69, 9.17) is 0 Å². The number of carbonyl (C=O) groups is 2. The number of carbonyl (C=O) groups excluding carboxylic acids is 2. The number of fused-ring (bicyclic) bond motifs is 1. The molecular formula is C15H15F3N4O2. The molecule has 0 saturated carbocycles. The zero-order valence-electron chi connectivity index (χ0n) is 12.8. The van der Waals surface area contributed by atoms with Gasteiger partial charge in [-0.2, -0.15) is 18.3 Å². The Kier molecular flexibility index (Phi) is 3.94. The number of anilines is 1. The zero-order valence-corrected chi connectivity index (χ0v) is 12.8. The summed E-state index contributed by atoms with van der Waals surface area (Å²) in [6.45, 7) is 0.449. The van der Waals surface area contributed by atoms with Crippen LogP contribution in [-0.4, -0.2) is 40.5 Å². The summed E-state index contributed by atoms with van der Waals surface area (Å²) in [5.74, 6) is -1.15. The summed E-state index contributed by atoms with van der Waals surface area (Å²) in [7, 11) is 1.65. The first-order valence-electron chi connectivity index (χ1n) is 7.35. The first-order chi connectivity index (χ1) is 11.3. The Morgan fingerprint density at radius 1 is 1.42 bits per heavy atom. The van der Waals surface area contributed by atoms with Gasteiger partial charge in [0.15, 0.2) is 0 Å². The van der Waals surface area contributed by atoms with Crippen LogP contribution in [0.15, 0.2) is 18.3 Å². The van der Waals surface area contributed by atoms with Crippen LogP contribution in [0.1, 0.15) is 18.4 Å². The number of benzene rings is 1. The summed E-state index contributed by atoms with van der Waals surface area (Å²) in [5, 5.41) is 8.52. The van der Waals surface area contributed by atoms with Crippen molar-refractivity contribution in [2.45, 2.75) is 19.0 Å². The van der Waals surface area contributed by atoms with Gasteiger partial charge < -0.3 is 10.2 Å². The van der Waals surface area contributed by atoms with E-state index in [0.29, 0.717) is 13.0 Å². The Labute approximate surface area is 135 Å². The normalized spacial score (nSPS) is 18.9. The minimum Gasteiger partial charge on any atom is -0.346 e. The molecule has 128 valence electrons. The number of halogens is 3. The molecule has 1 aromatic carbocycles. The number of H-pyrrole nitrogens is 1. The number of nitrogens with one attached hydrogen (secondary N) is 2. The van der Waals surface area contributed by atoms with Crippen LogP contribution in [0, 0.1) is 5.92 Å². The van der Waals surface area contributed by atoms with Gasteiger partial charge in [0.25, 0.3) is 0 Å². The summed E-state index contributed by atoms with van der Waals surface area (Å²) >= 11 is 0. The van der Waals surface area contributed by atoms with Gasteiger partial charge in [-0.15, -0.1) is 0 Å². The van der Waals surface area contributed by atoms with Gasteiger partial charge in [0.2, 0.25) is 11.8 Å². The van der Waals surface area contributed by atoms with E-state index < -0.39 is 23.6 Å². The van der Waals surface area contributed by atoms with Crippen molar-refractivity contribution in [2.24, 2.45) is 5.92 Å². The molecule has 1 atom stereocenters. The van der Waals surface area contributed by atoms with Crippen LogP contribution < -0.4 is 5.32 Å². The van der Waals surface area contributed by atoms with Crippen molar-refractivity contribution in [3.63, 3.8) is 0 Å². The zero-order chi connectivity index (χ0) is 17.5. The molecule has 2 heterocycles. The van der Waals surface area contributed by atoms with E-state index in [1.807, 2.05) is 0 Å².